The molecule has 0 spiro atoms. The summed E-state index contributed by atoms with van der Waals surface area (Å²) < 4.78 is 0. The first-order valence-corrected chi connectivity index (χ1v) is 13.5. The van der Waals surface area contributed by atoms with Gasteiger partial charge in [-0.25, -0.2) is 0 Å². The highest BCUT2D eigenvalue weighted by Gasteiger charge is 2.15. The molecule has 0 atom stereocenters. The molecule has 0 unspecified atom stereocenters. The van der Waals surface area contributed by atoms with E-state index in [-0.39, 0.29) is 17.4 Å². The van der Waals surface area contributed by atoms with Crippen LogP contribution in [0.3, 0.4) is 0 Å². The van der Waals surface area contributed by atoms with Crippen molar-refractivity contribution < 1.29 is 14.4 Å². The van der Waals surface area contributed by atoms with Crippen molar-refractivity contribution in [3.05, 3.63) is 130 Å². The van der Waals surface area contributed by atoms with Crippen molar-refractivity contribution in [2.75, 3.05) is 16.4 Å². The van der Waals surface area contributed by atoms with E-state index in [1.165, 1.54) is 11.8 Å². The average molecular weight is 577 g/mol. The fraction of sp³-hybridized carbons (Fsp3) is 0.0333. The summed E-state index contributed by atoms with van der Waals surface area (Å²) in [5.74, 6) is -0.915. The predicted octanol–water partition coefficient (Wildman–Crippen LogP) is 7.13. The first kappa shape index (κ1) is 28.0. The number of nitrogens with one attached hydrogen (secondary N) is 3. The van der Waals surface area contributed by atoms with Crippen LogP contribution in [0.25, 0.3) is 6.08 Å². The van der Waals surface area contributed by atoms with Gasteiger partial charge in [-0.1, -0.05) is 59.6 Å². The van der Waals surface area contributed by atoms with Gasteiger partial charge in [-0.05, 0) is 78.4 Å². The zero-order valence-corrected chi connectivity index (χ0v) is 22.8. The Morgan fingerprint density at radius 2 is 1.38 bits per heavy atom. The third kappa shape index (κ3) is 8.75. The highest BCUT2D eigenvalue weighted by molar-refractivity contribution is 8.00. The Balaban J connectivity index is 1.44. The molecule has 4 aromatic carbocycles. The van der Waals surface area contributed by atoms with Crippen LogP contribution in [-0.2, 0) is 9.59 Å². The Hall–Kier alpha value is -4.04. The topological polar surface area (TPSA) is 87.3 Å². The van der Waals surface area contributed by atoms with Gasteiger partial charge in [0.2, 0.25) is 5.91 Å². The van der Waals surface area contributed by atoms with Gasteiger partial charge in [0.1, 0.15) is 5.70 Å². The second kappa shape index (κ2) is 13.7. The SMILES string of the molecule is O=C(CSc1cccc(NC(=O)/C(=C/c2ccc(Cl)cc2)NC(=O)c2ccccc2)c1)Nc1ccc(Cl)cc1. The summed E-state index contributed by atoms with van der Waals surface area (Å²) in [7, 11) is 0. The van der Waals surface area contributed by atoms with E-state index in [1.54, 1.807) is 103 Å². The lowest BCUT2D eigenvalue weighted by molar-refractivity contribution is -0.114. The van der Waals surface area contributed by atoms with Crippen molar-refractivity contribution >= 4 is 70.1 Å². The van der Waals surface area contributed by atoms with Crippen molar-refractivity contribution in [2.24, 2.45) is 0 Å². The molecule has 6 nitrogen and oxygen atoms in total. The van der Waals surface area contributed by atoms with Crippen LogP contribution in [-0.4, -0.2) is 23.5 Å². The number of halogens is 2. The minimum absolute atomic E-state index is 0.0616. The van der Waals surface area contributed by atoms with E-state index in [0.717, 1.165) is 4.90 Å². The molecular formula is C30H23Cl2N3O3S. The van der Waals surface area contributed by atoms with Gasteiger partial charge in [0.15, 0.2) is 0 Å². The van der Waals surface area contributed by atoms with Crippen LogP contribution in [0.1, 0.15) is 15.9 Å². The minimum atomic E-state index is -0.503. The average Bonchev–Trinajstić information content (AvgIpc) is 2.94. The molecule has 4 aromatic rings. The largest absolute Gasteiger partial charge is 0.325 e. The highest BCUT2D eigenvalue weighted by atomic mass is 35.5. The molecule has 0 aliphatic heterocycles. The van der Waals surface area contributed by atoms with Crippen LogP contribution in [0.2, 0.25) is 10.0 Å². The third-order valence-corrected chi connectivity index (χ3v) is 6.80. The van der Waals surface area contributed by atoms with E-state index < -0.39 is 11.8 Å². The van der Waals surface area contributed by atoms with E-state index in [1.807, 2.05) is 6.07 Å². The van der Waals surface area contributed by atoms with Gasteiger partial charge in [-0.15, -0.1) is 11.8 Å². The van der Waals surface area contributed by atoms with Crippen LogP contribution in [0.4, 0.5) is 11.4 Å². The molecular weight excluding hydrogens is 553 g/mol. The van der Waals surface area contributed by atoms with Gasteiger partial charge in [0.25, 0.3) is 11.8 Å². The van der Waals surface area contributed by atoms with Gasteiger partial charge < -0.3 is 16.0 Å². The zero-order chi connectivity index (χ0) is 27.6. The van der Waals surface area contributed by atoms with Crippen LogP contribution < -0.4 is 16.0 Å². The molecule has 0 saturated heterocycles. The van der Waals surface area contributed by atoms with Gasteiger partial charge in [0, 0.05) is 31.9 Å². The van der Waals surface area contributed by atoms with Crippen LogP contribution in [0.5, 0.6) is 0 Å². The number of rotatable bonds is 9. The lowest BCUT2D eigenvalue weighted by Gasteiger charge is -2.12. The van der Waals surface area contributed by atoms with E-state index in [0.29, 0.717) is 32.5 Å². The molecule has 196 valence electrons. The van der Waals surface area contributed by atoms with Crippen molar-refractivity contribution in [1.82, 2.24) is 5.32 Å². The Labute approximate surface area is 240 Å². The predicted molar refractivity (Wildman–Crippen MR) is 159 cm³/mol. The molecule has 39 heavy (non-hydrogen) atoms. The fourth-order valence-electron chi connectivity index (χ4n) is 3.41. The standard InChI is InChI=1S/C30H23Cl2N3O3S/c31-22-11-9-20(10-12-22)17-27(35-29(37)21-5-2-1-3-6-21)30(38)34-25-7-4-8-26(18-25)39-19-28(36)33-24-15-13-23(32)14-16-24/h1-18H,19H2,(H,33,36)(H,34,38)(H,35,37)/b27-17-. The Morgan fingerprint density at radius 1 is 0.718 bits per heavy atom. The normalized spacial score (nSPS) is 11.0. The molecule has 0 heterocycles. The number of amides is 3. The number of hydrogen-bond donors (Lipinski definition) is 3. The molecule has 4 rings (SSSR count). The van der Waals surface area contributed by atoms with Crippen molar-refractivity contribution in [3.63, 3.8) is 0 Å². The fourth-order valence-corrected chi connectivity index (χ4v) is 4.42. The smallest absolute Gasteiger partial charge is 0.272 e. The molecule has 0 radical (unpaired) electrons. The molecule has 0 saturated carbocycles. The van der Waals surface area contributed by atoms with E-state index in [4.69, 9.17) is 23.2 Å². The molecule has 9 heteroatoms. The van der Waals surface area contributed by atoms with Gasteiger partial charge in [-0.3, -0.25) is 14.4 Å². The lowest BCUT2D eigenvalue weighted by atomic mass is 10.1. The molecule has 3 N–H and O–H groups in total. The van der Waals surface area contributed by atoms with Gasteiger partial charge in [0.05, 0.1) is 5.75 Å². The number of benzene rings is 4. The number of carbonyl (C=O) groups excluding carboxylic acids is 3. The summed E-state index contributed by atoms with van der Waals surface area (Å²) in [6.45, 7) is 0. The highest BCUT2D eigenvalue weighted by Crippen LogP contribution is 2.23. The molecule has 0 fully saturated rings. The summed E-state index contributed by atoms with van der Waals surface area (Å²) in [5, 5.41) is 9.50. The summed E-state index contributed by atoms with van der Waals surface area (Å²) in [5.41, 5.74) is 2.34. The molecule has 0 aromatic heterocycles. The van der Waals surface area contributed by atoms with Crippen molar-refractivity contribution in [1.29, 1.82) is 0 Å². The van der Waals surface area contributed by atoms with Crippen LogP contribution >= 0.6 is 35.0 Å². The van der Waals surface area contributed by atoms with Crippen LogP contribution in [0.15, 0.2) is 114 Å². The minimum Gasteiger partial charge on any atom is -0.325 e. The Morgan fingerprint density at radius 3 is 2.08 bits per heavy atom. The summed E-state index contributed by atoms with van der Waals surface area (Å²) in [6.07, 6.45) is 1.58. The van der Waals surface area contributed by atoms with Gasteiger partial charge in [-0.2, -0.15) is 0 Å². The maximum absolute atomic E-state index is 13.3. The Bertz CT molecular complexity index is 1490. The van der Waals surface area contributed by atoms with Crippen molar-refractivity contribution in [3.8, 4) is 0 Å². The number of thioether (sulfide) groups is 1. The maximum atomic E-state index is 13.3. The van der Waals surface area contributed by atoms with E-state index in [9.17, 15) is 14.4 Å². The maximum Gasteiger partial charge on any atom is 0.272 e. The first-order chi connectivity index (χ1) is 18.9. The molecule has 3 amide bonds. The first-order valence-electron chi connectivity index (χ1n) is 11.8. The quantitative estimate of drug-likeness (QED) is 0.146. The molecule has 0 aliphatic rings. The second-order valence-corrected chi connectivity index (χ2v) is 10.2. The molecule has 0 bridgehead atoms. The second-order valence-electron chi connectivity index (χ2n) is 8.26. The van der Waals surface area contributed by atoms with Gasteiger partial charge >= 0.3 is 0 Å². The Kier molecular flexibility index (Phi) is 9.80. The zero-order valence-electron chi connectivity index (χ0n) is 20.5. The summed E-state index contributed by atoms with van der Waals surface area (Å²) >= 11 is 13.2. The molecule has 0 aliphatic carbocycles. The number of carbonyl (C=O) groups is 3. The van der Waals surface area contributed by atoms with Crippen LogP contribution in [0, 0.1) is 0 Å². The lowest BCUT2D eigenvalue weighted by Crippen LogP contribution is -2.30. The summed E-state index contributed by atoms with van der Waals surface area (Å²) in [6, 6.07) is 29.5. The third-order valence-electron chi connectivity index (χ3n) is 5.30. The summed E-state index contributed by atoms with van der Waals surface area (Å²) in [4.78, 5) is 39.2. The van der Waals surface area contributed by atoms with Crippen molar-refractivity contribution in [2.45, 2.75) is 4.90 Å². The van der Waals surface area contributed by atoms with E-state index >= 15 is 0 Å². The number of anilines is 2. The van der Waals surface area contributed by atoms with E-state index in [2.05, 4.69) is 16.0 Å². The number of hydrogen-bond acceptors (Lipinski definition) is 4. The monoisotopic (exact) mass is 575 g/mol.